The van der Waals surface area contributed by atoms with Crippen LogP contribution >= 0.6 is 0 Å². The molecule has 2 fully saturated rings. The predicted octanol–water partition coefficient (Wildman–Crippen LogP) is 2.58. The number of nitrogens with one attached hydrogen (secondary N) is 2. The number of carbonyl (C=O) groups is 1. The van der Waals surface area contributed by atoms with E-state index >= 15 is 0 Å². The molecule has 1 aliphatic carbocycles. The van der Waals surface area contributed by atoms with Gasteiger partial charge in [-0.15, -0.1) is 0 Å². The van der Waals surface area contributed by atoms with E-state index in [1.807, 2.05) is 31.2 Å². The van der Waals surface area contributed by atoms with Crippen LogP contribution in [-0.4, -0.2) is 34.1 Å². The molecule has 1 atom stereocenters. The summed E-state index contributed by atoms with van der Waals surface area (Å²) in [4.78, 5) is 31.9. The maximum absolute atomic E-state index is 12.5. The van der Waals surface area contributed by atoms with Crippen molar-refractivity contribution >= 4 is 5.91 Å². The van der Waals surface area contributed by atoms with Gasteiger partial charge in [0.25, 0.3) is 11.5 Å². The highest BCUT2D eigenvalue weighted by Crippen LogP contribution is 2.40. The highest BCUT2D eigenvalue weighted by Gasteiger charge is 2.42. The van der Waals surface area contributed by atoms with Crippen LogP contribution in [0, 0.1) is 6.92 Å². The monoisotopic (exact) mass is 353 g/mol. The number of amides is 1. The van der Waals surface area contributed by atoms with Crippen molar-refractivity contribution in [2.75, 3.05) is 6.61 Å². The third-order valence-corrected chi connectivity index (χ3v) is 5.39. The molecule has 0 bridgehead atoms. The number of carbonyl (C=O) groups excluding carboxylic acids is 1. The van der Waals surface area contributed by atoms with Crippen molar-refractivity contribution in [3.8, 4) is 11.4 Å². The number of aromatic nitrogens is 2. The maximum atomic E-state index is 12.5. The molecule has 1 spiro atoms. The molecule has 2 aromatic rings. The zero-order chi connectivity index (χ0) is 18.1. The summed E-state index contributed by atoms with van der Waals surface area (Å²) in [6.07, 6.45) is 6.67. The molecule has 6 heteroatoms. The molecule has 1 saturated heterocycles. The Morgan fingerprint density at radius 1 is 1.35 bits per heavy atom. The summed E-state index contributed by atoms with van der Waals surface area (Å²) in [6.45, 7) is 2.49. The molecule has 0 radical (unpaired) electrons. The summed E-state index contributed by atoms with van der Waals surface area (Å²) >= 11 is 0. The van der Waals surface area contributed by atoms with Crippen LogP contribution in [0.15, 0.2) is 35.3 Å². The van der Waals surface area contributed by atoms with Crippen LogP contribution < -0.4 is 10.9 Å². The average molecular weight is 353 g/mol. The molecular formula is C20H23N3O3. The summed E-state index contributed by atoms with van der Waals surface area (Å²) in [5.41, 5.74) is 1.45. The summed E-state index contributed by atoms with van der Waals surface area (Å²) in [5.74, 6) is 0.0718. The van der Waals surface area contributed by atoms with Crippen LogP contribution in [0.5, 0.6) is 0 Å². The maximum Gasteiger partial charge on any atom is 0.264 e. The molecule has 136 valence electrons. The number of hydrogen-bond donors (Lipinski definition) is 2. The molecule has 1 aromatic carbocycles. The number of aromatic amines is 1. The Kier molecular flexibility index (Phi) is 4.36. The van der Waals surface area contributed by atoms with E-state index in [1.165, 1.54) is 19.0 Å². The minimum Gasteiger partial charge on any atom is -0.373 e. The van der Waals surface area contributed by atoms with E-state index in [0.717, 1.165) is 30.4 Å². The van der Waals surface area contributed by atoms with Gasteiger partial charge in [-0.1, -0.05) is 36.6 Å². The van der Waals surface area contributed by atoms with Gasteiger partial charge in [0.05, 0.1) is 18.2 Å². The first-order valence-corrected chi connectivity index (χ1v) is 9.16. The fraction of sp³-hybridized carbons (Fsp3) is 0.450. The van der Waals surface area contributed by atoms with Crippen molar-refractivity contribution in [1.82, 2.24) is 15.3 Å². The van der Waals surface area contributed by atoms with E-state index < -0.39 is 11.5 Å². The first-order chi connectivity index (χ1) is 12.5. The van der Waals surface area contributed by atoms with Crippen molar-refractivity contribution in [3.05, 3.63) is 51.9 Å². The number of rotatable bonds is 3. The molecule has 2 heterocycles. The number of nitrogens with zero attached hydrogens (tertiary/aromatic N) is 1. The summed E-state index contributed by atoms with van der Waals surface area (Å²) < 4.78 is 5.95. The molecule has 6 nitrogen and oxygen atoms in total. The Labute approximate surface area is 152 Å². The Hall–Kier alpha value is -2.47. The minimum absolute atomic E-state index is 0.0359. The summed E-state index contributed by atoms with van der Waals surface area (Å²) in [5, 5.41) is 2.93. The van der Waals surface area contributed by atoms with Crippen LogP contribution in [-0.2, 0) is 4.74 Å². The zero-order valence-corrected chi connectivity index (χ0v) is 14.9. The van der Waals surface area contributed by atoms with Gasteiger partial charge in [0.15, 0.2) is 0 Å². The lowest BCUT2D eigenvalue weighted by molar-refractivity contribution is 0.00987. The van der Waals surface area contributed by atoms with Crippen molar-refractivity contribution in [2.45, 2.75) is 50.7 Å². The second kappa shape index (κ2) is 6.68. The van der Waals surface area contributed by atoms with E-state index in [-0.39, 0.29) is 17.2 Å². The van der Waals surface area contributed by atoms with Crippen LogP contribution in [0.25, 0.3) is 11.4 Å². The lowest BCUT2D eigenvalue weighted by Crippen LogP contribution is -2.39. The Morgan fingerprint density at radius 2 is 2.15 bits per heavy atom. The molecule has 1 amide bonds. The first kappa shape index (κ1) is 17.0. The summed E-state index contributed by atoms with van der Waals surface area (Å²) in [7, 11) is 0. The highest BCUT2D eigenvalue weighted by molar-refractivity contribution is 5.93. The van der Waals surface area contributed by atoms with Gasteiger partial charge < -0.3 is 15.0 Å². The van der Waals surface area contributed by atoms with Crippen molar-refractivity contribution < 1.29 is 9.53 Å². The van der Waals surface area contributed by atoms with Gasteiger partial charge in [-0.2, -0.15) is 0 Å². The lowest BCUT2D eigenvalue weighted by Gasteiger charge is -2.21. The van der Waals surface area contributed by atoms with Crippen LogP contribution in [0.4, 0.5) is 0 Å². The Bertz CT molecular complexity index is 884. The van der Waals surface area contributed by atoms with Crippen molar-refractivity contribution in [3.63, 3.8) is 0 Å². The first-order valence-electron chi connectivity index (χ1n) is 9.16. The molecule has 1 saturated carbocycles. The minimum atomic E-state index is -0.427. The van der Waals surface area contributed by atoms with Crippen LogP contribution in [0.2, 0.25) is 0 Å². The third-order valence-electron chi connectivity index (χ3n) is 5.39. The van der Waals surface area contributed by atoms with Gasteiger partial charge >= 0.3 is 0 Å². The van der Waals surface area contributed by atoms with Gasteiger partial charge in [-0.3, -0.25) is 9.59 Å². The molecule has 0 unspecified atom stereocenters. The average Bonchev–Trinajstić information content (AvgIpc) is 3.24. The number of H-pyrrole nitrogens is 1. The zero-order valence-electron chi connectivity index (χ0n) is 14.9. The van der Waals surface area contributed by atoms with Gasteiger partial charge in [0.2, 0.25) is 0 Å². The molecule has 26 heavy (non-hydrogen) atoms. The smallest absolute Gasteiger partial charge is 0.264 e. The molecule has 1 aliphatic heterocycles. The standard InChI is InChI=1S/C20H23N3O3/c1-13-5-4-6-14(9-13)17-21-11-16(19(25)23-17)18(24)22-15-10-20(26-12-15)7-2-3-8-20/h4-6,9,11,15H,2-3,7-8,10,12H2,1H3,(H,22,24)(H,21,23,25)/t15-/m1/s1. The number of ether oxygens (including phenoxy) is 1. The van der Waals surface area contributed by atoms with Gasteiger partial charge in [-0.05, 0) is 32.3 Å². The highest BCUT2D eigenvalue weighted by atomic mass is 16.5. The lowest BCUT2D eigenvalue weighted by atomic mass is 9.96. The van der Waals surface area contributed by atoms with E-state index in [9.17, 15) is 9.59 Å². The van der Waals surface area contributed by atoms with Crippen molar-refractivity contribution in [2.24, 2.45) is 0 Å². The predicted molar refractivity (Wildman–Crippen MR) is 98.1 cm³/mol. The normalized spacial score (nSPS) is 21.2. The second-order valence-corrected chi connectivity index (χ2v) is 7.42. The Balaban J connectivity index is 1.48. The number of aryl methyl sites for hydroxylation is 1. The van der Waals surface area contributed by atoms with Gasteiger partial charge in [0.1, 0.15) is 11.4 Å². The fourth-order valence-electron chi connectivity index (χ4n) is 4.06. The molecule has 2 N–H and O–H groups in total. The third kappa shape index (κ3) is 3.29. The van der Waals surface area contributed by atoms with Crippen molar-refractivity contribution in [1.29, 1.82) is 0 Å². The molecule has 4 rings (SSSR count). The number of benzene rings is 1. The molecule has 1 aromatic heterocycles. The SMILES string of the molecule is Cc1cccc(-c2ncc(C(=O)N[C@H]3COC4(CCCC4)C3)c(=O)[nH]2)c1. The van der Waals surface area contributed by atoms with E-state index in [1.54, 1.807) is 0 Å². The van der Waals surface area contributed by atoms with Gasteiger partial charge in [-0.25, -0.2) is 4.98 Å². The van der Waals surface area contributed by atoms with E-state index in [2.05, 4.69) is 15.3 Å². The topological polar surface area (TPSA) is 84.1 Å². The second-order valence-electron chi connectivity index (χ2n) is 7.42. The van der Waals surface area contributed by atoms with E-state index in [4.69, 9.17) is 4.74 Å². The molecule has 2 aliphatic rings. The van der Waals surface area contributed by atoms with Crippen LogP contribution in [0.3, 0.4) is 0 Å². The molecular weight excluding hydrogens is 330 g/mol. The van der Waals surface area contributed by atoms with E-state index in [0.29, 0.717) is 12.4 Å². The fourth-order valence-corrected chi connectivity index (χ4v) is 4.06. The summed E-state index contributed by atoms with van der Waals surface area (Å²) in [6, 6.07) is 7.65. The largest absolute Gasteiger partial charge is 0.373 e. The quantitative estimate of drug-likeness (QED) is 0.888. The van der Waals surface area contributed by atoms with Gasteiger partial charge in [0, 0.05) is 11.8 Å². The number of hydrogen-bond acceptors (Lipinski definition) is 4. The Morgan fingerprint density at radius 3 is 2.88 bits per heavy atom. The van der Waals surface area contributed by atoms with Crippen LogP contribution in [0.1, 0.15) is 48.0 Å².